The summed E-state index contributed by atoms with van der Waals surface area (Å²) in [7, 11) is 0. The van der Waals surface area contributed by atoms with Crippen molar-refractivity contribution in [2.45, 2.75) is 0 Å². The molecule has 0 spiro atoms. The van der Waals surface area contributed by atoms with Crippen molar-refractivity contribution in [2.75, 3.05) is 5.32 Å². The number of hydrogen-bond acceptors (Lipinski definition) is 2. The van der Waals surface area contributed by atoms with E-state index in [1.54, 1.807) is 0 Å². The molecule has 1 N–H and O–H groups in total. The highest BCUT2D eigenvalue weighted by Crippen LogP contribution is 2.38. The Morgan fingerprint density at radius 1 is 0.412 bits per heavy atom. The smallest absolute Gasteiger partial charge is 0.0391 e. The molecule has 0 aliphatic rings. The Balaban J connectivity index is 1.29. The van der Waals surface area contributed by atoms with Crippen molar-refractivity contribution in [3.8, 4) is 11.1 Å². The zero-order valence-electron chi connectivity index (χ0n) is 18.5. The van der Waals surface area contributed by atoms with E-state index in [9.17, 15) is 0 Å². The lowest BCUT2D eigenvalue weighted by Crippen LogP contribution is -1.90. The van der Waals surface area contributed by atoms with Crippen molar-refractivity contribution in [3.63, 3.8) is 0 Å². The molecule has 0 saturated heterocycles. The quantitative estimate of drug-likeness (QED) is 0.264. The largest absolute Gasteiger partial charge is 0.355 e. The molecule has 0 saturated carbocycles. The van der Waals surface area contributed by atoms with E-state index in [1.165, 1.54) is 52.8 Å². The minimum absolute atomic E-state index is 1.11. The lowest BCUT2D eigenvalue weighted by molar-refractivity contribution is 1.60. The fraction of sp³-hybridized carbons (Fsp3) is 0. The number of fused-ring (bicyclic) bond motifs is 6. The van der Waals surface area contributed by atoms with E-state index < -0.39 is 0 Å². The summed E-state index contributed by atoms with van der Waals surface area (Å²) in [5.41, 5.74) is 4.74. The van der Waals surface area contributed by atoms with Crippen LogP contribution in [0.1, 0.15) is 0 Å². The molecule has 0 amide bonds. The van der Waals surface area contributed by atoms with Crippen LogP contribution in [0, 0.1) is 0 Å². The number of nitrogens with one attached hydrogen (secondary N) is 1. The van der Waals surface area contributed by atoms with Gasteiger partial charge in [-0.1, -0.05) is 84.9 Å². The fourth-order valence-corrected chi connectivity index (χ4v) is 6.04. The lowest BCUT2D eigenvalue weighted by Gasteiger charge is -2.10. The molecule has 1 aromatic heterocycles. The fourth-order valence-electron chi connectivity index (χ4n) is 4.91. The monoisotopic (exact) mass is 451 g/mol. The highest BCUT2D eigenvalue weighted by atomic mass is 32.1. The highest BCUT2D eigenvalue weighted by Gasteiger charge is 2.09. The van der Waals surface area contributed by atoms with Crippen molar-refractivity contribution in [1.82, 2.24) is 0 Å². The van der Waals surface area contributed by atoms with Gasteiger partial charge < -0.3 is 5.32 Å². The summed E-state index contributed by atoms with van der Waals surface area (Å²) in [6, 6.07) is 43.7. The summed E-state index contributed by atoms with van der Waals surface area (Å²) in [4.78, 5) is 0. The summed E-state index contributed by atoms with van der Waals surface area (Å²) in [6.45, 7) is 0. The van der Waals surface area contributed by atoms with E-state index in [0.29, 0.717) is 0 Å². The van der Waals surface area contributed by atoms with Gasteiger partial charge in [0, 0.05) is 31.5 Å². The zero-order valence-corrected chi connectivity index (χ0v) is 19.3. The maximum absolute atomic E-state index is 3.65. The van der Waals surface area contributed by atoms with Crippen LogP contribution in [-0.2, 0) is 0 Å². The van der Waals surface area contributed by atoms with Crippen molar-refractivity contribution < 1.29 is 0 Å². The first-order valence-corrected chi connectivity index (χ1v) is 12.3. The molecule has 0 atom stereocenters. The highest BCUT2D eigenvalue weighted by molar-refractivity contribution is 7.25. The van der Waals surface area contributed by atoms with Gasteiger partial charge in [-0.2, -0.15) is 0 Å². The topological polar surface area (TPSA) is 12.0 Å². The van der Waals surface area contributed by atoms with Gasteiger partial charge in [0.25, 0.3) is 0 Å². The standard InChI is InChI=1S/C32H21NS/c1-2-6-21(7-3-1)24-13-16-28-30-20-26(15-17-31(30)34-32(28)18-24)33-25-14-12-23-11-10-22-8-4-5-9-27(22)29(23)19-25/h1-20,33H. The molecule has 1 nitrogen and oxygen atoms in total. The van der Waals surface area contributed by atoms with Crippen LogP contribution in [0.25, 0.3) is 52.8 Å². The molecule has 7 rings (SSSR count). The van der Waals surface area contributed by atoms with Crippen LogP contribution in [-0.4, -0.2) is 0 Å². The van der Waals surface area contributed by atoms with Crippen LogP contribution in [0.15, 0.2) is 121 Å². The first kappa shape index (κ1) is 19.3. The molecule has 0 bridgehead atoms. The summed E-state index contributed by atoms with van der Waals surface area (Å²) in [5, 5.41) is 11.4. The van der Waals surface area contributed by atoms with E-state index >= 15 is 0 Å². The number of hydrogen-bond donors (Lipinski definition) is 1. The maximum atomic E-state index is 3.65. The Bertz CT molecular complexity index is 1830. The van der Waals surface area contributed by atoms with Gasteiger partial charge in [0.1, 0.15) is 0 Å². The number of rotatable bonds is 3. The Hall–Kier alpha value is -4.14. The second-order valence-electron chi connectivity index (χ2n) is 8.74. The summed E-state index contributed by atoms with van der Waals surface area (Å²) in [5.74, 6) is 0. The molecular formula is C32H21NS. The zero-order chi connectivity index (χ0) is 22.5. The predicted octanol–water partition coefficient (Wildman–Crippen LogP) is 9.77. The van der Waals surface area contributed by atoms with E-state index in [2.05, 4.69) is 127 Å². The van der Waals surface area contributed by atoms with Crippen LogP contribution in [0.4, 0.5) is 11.4 Å². The number of anilines is 2. The van der Waals surface area contributed by atoms with E-state index in [4.69, 9.17) is 0 Å². The minimum Gasteiger partial charge on any atom is -0.355 e. The van der Waals surface area contributed by atoms with E-state index in [1.807, 2.05) is 11.3 Å². The second kappa shape index (κ2) is 7.72. The third kappa shape index (κ3) is 3.23. The third-order valence-corrected chi connectivity index (χ3v) is 7.75. The second-order valence-corrected chi connectivity index (χ2v) is 9.82. The molecule has 0 aliphatic heterocycles. The van der Waals surface area contributed by atoms with Crippen LogP contribution in [0.2, 0.25) is 0 Å². The summed E-state index contributed by atoms with van der Waals surface area (Å²) >= 11 is 1.86. The van der Waals surface area contributed by atoms with Crippen molar-refractivity contribution >= 4 is 64.4 Å². The van der Waals surface area contributed by atoms with Gasteiger partial charge in [0.15, 0.2) is 0 Å². The van der Waals surface area contributed by atoms with Crippen molar-refractivity contribution in [3.05, 3.63) is 121 Å². The Kier molecular flexibility index (Phi) is 4.39. The minimum atomic E-state index is 1.11. The van der Waals surface area contributed by atoms with Crippen LogP contribution in [0.5, 0.6) is 0 Å². The number of thiophene rings is 1. The molecule has 0 unspecified atom stereocenters. The molecule has 0 aliphatic carbocycles. The Labute approximate surface area is 201 Å². The van der Waals surface area contributed by atoms with Crippen molar-refractivity contribution in [1.29, 1.82) is 0 Å². The molecule has 6 aromatic carbocycles. The van der Waals surface area contributed by atoms with Gasteiger partial charge >= 0.3 is 0 Å². The van der Waals surface area contributed by atoms with Gasteiger partial charge in [-0.15, -0.1) is 11.3 Å². The summed E-state index contributed by atoms with van der Waals surface area (Å²) in [6.07, 6.45) is 0. The molecule has 7 aromatic rings. The molecule has 0 fully saturated rings. The average molecular weight is 452 g/mol. The van der Waals surface area contributed by atoms with Crippen LogP contribution in [0.3, 0.4) is 0 Å². The third-order valence-electron chi connectivity index (χ3n) is 6.61. The normalized spacial score (nSPS) is 11.5. The maximum Gasteiger partial charge on any atom is 0.0391 e. The Morgan fingerprint density at radius 2 is 1.12 bits per heavy atom. The number of benzene rings is 6. The van der Waals surface area contributed by atoms with Gasteiger partial charge in [-0.05, 0) is 69.1 Å². The van der Waals surface area contributed by atoms with Gasteiger partial charge in [-0.3, -0.25) is 0 Å². The summed E-state index contributed by atoms with van der Waals surface area (Å²) < 4.78 is 2.64. The van der Waals surface area contributed by atoms with Gasteiger partial charge in [0.05, 0.1) is 0 Å². The Morgan fingerprint density at radius 3 is 2.00 bits per heavy atom. The van der Waals surface area contributed by atoms with Crippen molar-refractivity contribution in [2.24, 2.45) is 0 Å². The lowest BCUT2D eigenvalue weighted by atomic mass is 10.0. The van der Waals surface area contributed by atoms with Gasteiger partial charge in [-0.25, -0.2) is 0 Å². The van der Waals surface area contributed by atoms with Crippen LogP contribution < -0.4 is 5.32 Å². The van der Waals surface area contributed by atoms with E-state index in [0.717, 1.165) is 11.4 Å². The van der Waals surface area contributed by atoms with E-state index in [-0.39, 0.29) is 0 Å². The first-order chi connectivity index (χ1) is 16.8. The molecule has 2 heteroatoms. The molecule has 160 valence electrons. The average Bonchev–Trinajstić information content (AvgIpc) is 3.26. The molecule has 0 radical (unpaired) electrons. The molecular weight excluding hydrogens is 430 g/mol. The molecule has 1 heterocycles. The molecule has 34 heavy (non-hydrogen) atoms. The van der Waals surface area contributed by atoms with Crippen LogP contribution >= 0.6 is 11.3 Å². The van der Waals surface area contributed by atoms with Gasteiger partial charge in [0.2, 0.25) is 0 Å². The SMILES string of the molecule is c1ccc(-c2ccc3c(c2)sc2ccc(Nc4ccc5ccc6ccccc6c5c4)cc23)cc1. The first-order valence-electron chi connectivity index (χ1n) is 11.5. The predicted molar refractivity (Wildman–Crippen MR) is 150 cm³/mol.